The number of halogens is 1. The minimum absolute atomic E-state index is 0.0374. The highest BCUT2D eigenvalue weighted by molar-refractivity contribution is 9.10. The fourth-order valence-corrected chi connectivity index (χ4v) is 3.41. The molecule has 3 heterocycles. The van der Waals surface area contributed by atoms with E-state index in [0.717, 1.165) is 23.9 Å². The Morgan fingerprint density at radius 2 is 2.15 bits per heavy atom. The van der Waals surface area contributed by atoms with Crippen molar-refractivity contribution in [2.24, 2.45) is 5.41 Å². The molecular weight excluding hydrogens is 322 g/mol. The molecule has 3 rings (SSSR count). The van der Waals surface area contributed by atoms with Gasteiger partial charge in [0.1, 0.15) is 5.69 Å². The third-order valence-electron chi connectivity index (χ3n) is 4.27. The maximum absolute atomic E-state index is 12.4. The lowest BCUT2D eigenvalue weighted by Crippen LogP contribution is -2.44. The van der Waals surface area contributed by atoms with Crippen LogP contribution in [0.5, 0.6) is 0 Å². The number of piperidine rings is 1. The Labute approximate surface area is 125 Å². The van der Waals surface area contributed by atoms with E-state index in [9.17, 15) is 9.59 Å². The van der Waals surface area contributed by atoms with Crippen LogP contribution in [-0.2, 0) is 4.79 Å². The number of carbonyl (C=O) groups is 2. The van der Waals surface area contributed by atoms with Gasteiger partial charge in [-0.15, -0.1) is 0 Å². The number of nitrogens with one attached hydrogen (secondary N) is 1. The first kappa shape index (κ1) is 13.5. The molecule has 0 atom stereocenters. The maximum Gasteiger partial charge on any atom is 0.273 e. The van der Waals surface area contributed by atoms with Crippen molar-refractivity contribution >= 4 is 27.7 Å². The molecule has 1 spiro atoms. The van der Waals surface area contributed by atoms with Crippen molar-refractivity contribution in [3.63, 3.8) is 0 Å². The summed E-state index contributed by atoms with van der Waals surface area (Å²) in [7, 11) is 0. The molecule has 20 heavy (non-hydrogen) atoms. The van der Waals surface area contributed by atoms with Crippen LogP contribution in [0.15, 0.2) is 22.8 Å². The summed E-state index contributed by atoms with van der Waals surface area (Å²) in [5.74, 6) is 0.0989. The van der Waals surface area contributed by atoms with Crippen LogP contribution in [0, 0.1) is 5.41 Å². The Hall–Kier alpha value is -1.43. The van der Waals surface area contributed by atoms with Crippen molar-refractivity contribution < 1.29 is 9.59 Å². The predicted octanol–water partition coefficient (Wildman–Crippen LogP) is 1.59. The number of hydrogen-bond acceptors (Lipinski definition) is 3. The normalized spacial score (nSPS) is 21.1. The van der Waals surface area contributed by atoms with Crippen LogP contribution in [0.1, 0.15) is 29.8 Å². The minimum Gasteiger partial charge on any atom is -0.356 e. The molecule has 0 radical (unpaired) electrons. The number of pyridine rings is 1. The van der Waals surface area contributed by atoms with E-state index in [2.05, 4.69) is 26.2 Å². The lowest BCUT2D eigenvalue weighted by molar-refractivity contribution is -0.119. The van der Waals surface area contributed by atoms with Gasteiger partial charge in [0.25, 0.3) is 5.91 Å². The molecule has 106 valence electrons. The third kappa shape index (κ3) is 2.44. The van der Waals surface area contributed by atoms with Crippen LogP contribution in [0.25, 0.3) is 0 Å². The van der Waals surface area contributed by atoms with Gasteiger partial charge in [-0.3, -0.25) is 9.59 Å². The van der Waals surface area contributed by atoms with Gasteiger partial charge in [0.05, 0.1) is 0 Å². The first-order valence-corrected chi connectivity index (χ1v) is 7.55. The number of rotatable bonds is 1. The summed E-state index contributed by atoms with van der Waals surface area (Å²) in [6.45, 7) is 2.13. The first-order chi connectivity index (χ1) is 9.60. The van der Waals surface area contributed by atoms with E-state index in [4.69, 9.17) is 0 Å². The summed E-state index contributed by atoms with van der Waals surface area (Å²) < 4.78 is 0.725. The van der Waals surface area contributed by atoms with E-state index >= 15 is 0 Å². The highest BCUT2D eigenvalue weighted by Crippen LogP contribution is 2.37. The van der Waals surface area contributed by atoms with Crippen LogP contribution in [0.4, 0.5) is 0 Å². The summed E-state index contributed by atoms with van der Waals surface area (Å²) in [4.78, 5) is 29.8. The average Bonchev–Trinajstić information content (AvgIpc) is 2.81. The van der Waals surface area contributed by atoms with Gasteiger partial charge in [-0.25, -0.2) is 4.98 Å². The van der Waals surface area contributed by atoms with E-state index in [1.807, 2.05) is 11.0 Å². The number of amides is 2. The molecule has 0 unspecified atom stereocenters. The van der Waals surface area contributed by atoms with Gasteiger partial charge in [0, 0.05) is 36.7 Å². The van der Waals surface area contributed by atoms with E-state index in [0.29, 0.717) is 25.2 Å². The Bertz CT molecular complexity index is 553. The van der Waals surface area contributed by atoms with Crippen LogP contribution >= 0.6 is 15.9 Å². The fraction of sp³-hybridized carbons (Fsp3) is 0.500. The Morgan fingerprint density at radius 1 is 1.40 bits per heavy atom. The molecule has 0 aliphatic carbocycles. The molecule has 0 saturated carbocycles. The molecule has 2 saturated heterocycles. The summed E-state index contributed by atoms with van der Waals surface area (Å²) in [6.07, 6.45) is 3.98. The monoisotopic (exact) mass is 337 g/mol. The number of hydrogen-bond donors (Lipinski definition) is 1. The largest absolute Gasteiger partial charge is 0.356 e. The van der Waals surface area contributed by atoms with E-state index < -0.39 is 0 Å². The van der Waals surface area contributed by atoms with Crippen LogP contribution in [0.3, 0.4) is 0 Å². The van der Waals surface area contributed by atoms with Crippen LogP contribution in [0.2, 0.25) is 0 Å². The second kappa shape index (κ2) is 5.16. The molecule has 2 aliphatic heterocycles. The topological polar surface area (TPSA) is 62.3 Å². The maximum atomic E-state index is 12.4. The summed E-state index contributed by atoms with van der Waals surface area (Å²) >= 11 is 3.37. The first-order valence-electron chi connectivity index (χ1n) is 6.76. The molecule has 0 bridgehead atoms. The molecule has 2 amide bonds. The molecular formula is C14H16BrN3O2. The zero-order valence-electron chi connectivity index (χ0n) is 11.1. The predicted molar refractivity (Wildman–Crippen MR) is 77.1 cm³/mol. The second-order valence-electron chi connectivity index (χ2n) is 5.58. The van der Waals surface area contributed by atoms with E-state index in [1.54, 1.807) is 12.3 Å². The lowest BCUT2D eigenvalue weighted by atomic mass is 9.77. The van der Waals surface area contributed by atoms with Crippen molar-refractivity contribution in [1.29, 1.82) is 0 Å². The Kier molecular flexibility index (Phi) is 3.50. The van der Waals surface area contributed by atoms with Crippen molar-refractivity contribution in [3.05, 3.63) is 28.5 Å². The van der Waals surface area contributed by atoms with Crippen molar-refractivity contribution in [2.75, 3.05) is 19.6 Å². The molecule has 1 aromatic rings. The van der Waals surface area contributed by atoms with Crippen molar-refractivity contribution in [3.8, 4) is 0 Å². The quantitative estimate of drug-likeness (QED) is 0.846. The molecule has 2 fully saturated rings. The third-order valence-corrected chi connectivity index (χ3v) is 4.91. The van der Waals surface area contributed by atoms with Crippen molar-refractivity contribution in [1.82, 2.24) is 15.2 Å². The summed E-state index contributed by atoms with van der Waals surface area (Å²) in [5, 5.41) is 2.90. The smallest absolute Gasteiger partial charge is 0.273 e. The highest BCUT2D eigenvalue weighted by Gasteiger charge is 2.41. The number of carbonyl (C=O) groups excluding carboxylic acids is 2. The molecule has 1 N–H and O–H groups in total. The zero-order chi connectivity index (χ0) is 14.2. The average molecular weight is 338 g/mol. The molecule has 0 aromatic carbocycles. The number of nitrogens with zero attached hydrogens (tertiary/aromatic N) is 2. The van der Waals surface area contributed by atoms with E-state index in [-0.39, 0.29) is 17.2 Å². The zero-order valence-corrected chi connectivity index (χ0v) is 12.6. The minimum atomic E-state index is -0.0374. The summed E-state index contributed by atoms with van der Waals surface area (Å²) in [6, 6.07) is 3.62. The standard InChI is InChI=1S/C14H16BrN3O2/c15-10-2-1-5-16-12(10)13(20)18-6-3-14(4-7-18)8-11(19)17-9-14/h1-2,5H,3-4,6-9H2,(H,17,19). The highest BCUT2D eigenvalue weighted by atomic mass is 79.9. The SMILES string of the molecule is O=C1CC2(CCN(C(=O)c3ncccc3Br)CC2)CN1. The Balaban J connectivity index is 1.68. The fourth-order valence-electron chi connectivity index (χ4n) is 2.98. The van der Waals surface area contributed by atoms with E-state index in [1.165, 1.54) is 0 Å². The second-order valence-corrected chi connectivity index (χ2v) is 6.43. The van der Waals surface area contributed by atoms with Crippen molar-refractivity contribution in [2.45, 2.75) is 19.3 Å². The molecule has 5 nitrogen and oxygen atoms in total. The van der Waals surface area contributed by atoms with Crippen LogP contribution < -0.4 is 5.32 Å². The van der Waals surface area contributed by atoms with Gasteiger partial charge in [0.2, 0.25) is 5.91 Å². The molecule has 6 heteroatoms. The molecule has 2 aliphatic rings. The number of aromatic nitrogens is 1. The van der Waals surface area contributed by atoms with Gasteiger partial charge in [-0.2, -0.15) is 0 Å². The van der Waals surface area contributed by atoms with Gasteiger partial charge < -0.3 is 10.2 Å². The Morgan fingerprint density at radius 3 is 2.75 bits per heavy atom. The summed E-state index contributed by atoms with van der Waals surface area (Å²) in [5.41, 5.74) is 0.527. The van der Waals surface area contributed by atoms with Gasteiger partial charge in [0.15, 0.2) is 0 Å². The lowest BCUT2D eigenvalue weighted by Gasteiger charge is -2.38. The van der Waals surface area contributed by atoms with Gasteiger partial charge in [-0.1, -0.05) is 0 Å². The number of likely N-dealkylation sites (tertiary alicyclic amines) is 1. The van der Waals surface area contributed by atoms with Gasteiger partial charge >= 0.3 is 0 Å². The molecule has 1 aromatic heterocycles. The van der Waals surface area contributed by atoms with Crippen LogP contribution in [-0.4, -0.2) is 41.3 Å². The van der Waals surface area contributed by atoms with Gasteiger partial charge in [-0.05, 0) is 46.3 Å².